The molecule has 0 saturated heterocycles. The standard InChI is InChI=1S/C9H4ClF2N5/c10-7-5(4-13)6(8(11)12)16-17(7)9-14-2-1-3-15-9/h1-3,8H. The van der Waals surface area contributed by atoms with E-state index in [0.717, 1.165) is 4.68 Å². The maximum Gasteiger partial charge on any atom is 0.283 e. The molecular weight excluding hydrogens is 252 g/mol. The summed E-state index contributed by atoms with van der Waals surface area (Å²) in [6.07, 6.45) is -0.0600. The first-order valence-electron chi connectivity index (χ1n) is 4.39. The van der Waals surface area contributed by atoms with Gasteiger partial charge in [-0.25, -0.2) is 18.7 Å². The molecule has 86 valence electrons. The molecular formula is C9H4ClF2N5. The van der Waals surface area contributed by atoms with Gasteiger partial charge in [-0.1, -0.05) is 11.6 Å². The topological polar surface area (TPSA) is 67.4 Å². The third kappa shape index (κ3) is 1.94. The van der Waals surface area contributed by atoms with Gasteiger partial charge in [0.25, 0.3) is 12.4 Å². The van der Waals surface area contributed by atoms with Crippen molar-refractivity contribution in [3.05, 3.63) is 34.9 Å². The quantitative estimate of drug-likeness (QED) is 0.824. The highest BCUT2D eigenvalue weighted by molar-refractivity contribution is 6.31. The maximum atomic E-state index is 12.6. The Kier molecular flexibility index (Phi) is 2.97. The largest absolute Gasteiger partial charge is 0.283 e. The monoisotopic (exact) mass is 255 g/mol. The van der Waals surface area contributed by atoms with Gasteiger partial charge in [0.1, 0.15) is 17.3 Å². The van der Waals surface area contributed by atoms with Crippen LogP contribution in [-0.2, 0) is 0 Å². The lowest BCUT2D eigenvalue weighted by molar-refractivity contribution is 0.145. The van der Waals surface area contributed by atoms with E-state index in [9.17, 15) is 8.78 Å². The zero-order valence-electron chi connectivity index (χ0n) is 8.18. The van der Waals surface area contributed by atoms with Crippen molar-refractivity contribution in [2.24, 2.45) is 0 Å². The third-order valence-corrected chi connectivity index (χ3v) is 2.27. The lowest BCUT2D eigenvalue weighted by Gasteiger charge is -1.98. The van der Waals surface area contributed by atoms with Crippen LogP contribution in [0.1, 0.15) is 17.7 Å². The van der Waals surface area contributed by atoms with Crippen LogP contribution in [0.4, 0.5) is 8.78 Å². The van der Waals surface area contributed by atoms with Crippen molar-refractivity contribution in [1.82, 2.24) is 19.7 Å². The normalized spacial score (nSPS) is 10.5. The summed E-state index contributed by atoms with van der Waals surface area (Å²) in [7, 11) is 0. The van der Waals surface area contributed by atoms with Crippen molar-refractivity contribution in [1.29, 1.82) is 5.26 Å². The van der Waals surface area contributed by atoms with Gasteiger partial charge in [0.2, 0.25) is 0 Å². The van der Waals surface area contributed by atoms with Crippen molar-refractivity contribution in [2.75, 3.05) is 0 Å². The first kappa shape index (κ1) is 11.4. The molecule has 8 heteroatoms. The minimum absolute atomic E-state index is 0.0286. The fourth-order valence-corrected chi connectivity index (χ4v) is 1.45. The summed E-state index contributed by atoms with van der Waals surface area (Å²) in [6.45, 7) is 0. The number of hydrogen-bond acceptors (Lipinski definition) is 4. The molecule has 2 rings (SSSR count). The molecule has 0 amide bonds. The molecule has 2 aromatic heterocycles. The van der Waals surface area contributed by atoms with Gasteiger partial charge in [-0.3, -0.25) is 0 Å². The SMILES string of the molecule is N#Cc1c(C(F)F)nn(-c2ncccn2)c1Cl. The van der Waals surface area contributed by atoms with Gasteiger partial charge in [-0.15, -0.1) is 0 Å². The summed E-state index contributed by atoms with van der Waals surface area (Å²) in [5, 5.41) is 12.1. The average Bonchev–Trinajstić information content (AvgIpc) is 2.67. The summed E-state index contributed by atoms with van der Waals surface area (Å²) in [5.41, 5.74) is -1.04. The summed E-state index contributed by atoms with van der Waals surface area (Å²) in [4.78, 5) is 7.62. The first-order chi connectivity index (χ1) is 8.15. The van der Waals surface area contributed by atoms with Crippen LogP contribution in [0.3, 0.4) is 0 Å². The first-order valence-corrected chi connectivity index (χ1v) is 4.77. The average molecular weight is 256 g/mol. The van der Waals surface area contributed by atoms with Gasteiger partial charge >= 0.3 is 0 Å². The number of nitriles is 1. The van der Waals surface area contributed by atoms with Crippen molar-refractivity contribution in [2.45, 2.75) is 6.43 Å². The summed E-state index contributed by atoms with van der Waals surface area (Å²) in [5.74, 6) is 0.0286. The van der Waals surface area contributed by atoms with Crippen molar-refractivity contribution >= 4 is 11.6 Å². The lowest BCUT2D eigenvalue weighted by Crippen LogP contribution is -2.02. The molecule has 0 aliphatic heterocycles. The predicted molar refractivity (Wildman–Crippen MR) is 53.8 cm³/mol. The van der Waals surface area contributed by atoms with Crippen LogP contribution in [-0.4, -0.2) is 19.7 Å². The highest BCUT2D eigenvalue weighted by Gasteiger charge is 2.24. The van der Waals surface area contributed by atoms with Gasteiger partial charge < -0.3 is 0 Å². The molecule has 0 atom stereocenters. The van der Waals surface area contributed by atoms with Gasteiger partial charge in [-0.05, 0) is 6.07 Å². The molecule has 0 fully saturated rings. The minimum Gasteiger partial charge on any atom is -0.220 e. The number of alkyl halides is 2. The highest BCUT2D eigenvalue weighted by atomic mass is 35.5. The van der Waals surface area contributed by atoms with Crippen LogP contribution in [0.25, 0.3) is 5.95 Å². The van der Waals surface area contributed by atoms with Crippen LogP contribution in [0, 0.1) is 11.3 Å². The van der Waals surface area contributed by atoms with Crippen molar-refractivity contribution in [3.8, 4) is 12.0 Å². The number of hydrogen-bond donors (Lipinski definition) is 0. The number of rotatable bonds is 2. The second-order valence-electron chi connectivity index (χ2n) is 2.92. The maximum absolute atomic E-state index is 12.6. The fraction of sp³-hybridized carbons (Fsp3) is 0.111. The van der Waals surface area contributed by atoms with E-state index in [2.05, 4.69) is 15.1 Å². The molecule has 0 N–H and O–H groups in total. The van der Waals surface area contributed by atoms with E-state index in [1.165, 1.54) is 12.4 Å². The Morgan fingerprint density at radius 3 is 2.47 bits per heavy atom. The van der Waals surface area contributed by atoms with Crippen LogP contribution < -0.4 is 0 Å². The van der Waals surface area contributed by atoms with Crippen LogP contribution >= 0.6 is 11.6 Å². The Bertz CT molecular complexity index is 575. The van der Waals surface area contributed by atoms with Crippen molar-refractivity contribution in [3.63, 3.8) is 0 Å². The zero-order chi connectivity index (χ0) is 12.4. The second kappa shape index (κ2) is 4.43. The van der Waals surface area contributed by atoms with Gasteiger partial charge in [-0.2, -0.15) is 15.0 Å². The van der Waals surface area contributed by atoms with E-state index >= 15 is 0 Å². The summed E-state index contributed by atoms with van der Waals surface area (Å²) >= 11 is 5.77. The van der Waals surface area contributed by atoms with Gasteiger partial charge in [0.05, 0.1) is 0 Å². The van der Waals surface area contributed by atoms with Gasteiger partial charge in [0.15, 0.2) is 5.15 Å². The molecule has 0 unspecified atom stereocenters. The predicted octanol–water partition coefficient (Wildman–Crippen LogP) is 2.12. The molecule has 0 aromatic carbocycles. The number of aromatic nitrogens is 4. The Morgan fingerprint density at radius 2 is 2.00 bits per heavy atom. The van der Waals surface area contributed by atoms with Crippen LogP contribution in [0.15, 0.2) is 18.5 Å². The van der Waals surface area contributed by atoms with Crippen LogP contribution in [0.5, 0.6) is 0 Å². The molecule has 0 radical (unpaired) electrons. The fourth-order valence-electron chi connectivity index (χ4n) is 1.20. The third-order valence-electron chi connectivity index (χ3n) is 1.92. The Morgan fingerprint density at radius 1 is 1.35 bits per heavy atom. The van der Waals surface area contributed by atoms with E-state index in [-0.39, 0.29) is 16.7 Å². The Balaban J connectivity index is 2.62. The molecule has 2 aromatic rings. The summed E-state index contributed by atoms with van der Waals surface area (Å²) in [6, 6.07) is 3.14. The smallest absolute Gasteiger partial charge is 0.220 e. The molecule has 0 spiro atoms. The summed E-state index contributed by atoms with van der Waals surface area (Å²) < 4.78 is 26.1. The highest BCUT2D eigenvalue weighted by Crippen LogP contribution is 2.28. The van der Waals surface area contributed by atoms with E-state index in [0.29, 0.717) is 0 Å². The lowest BCUT2D eigenvalue weighted by atomic mass is 10.3. The van der Waals surface area contributed by atoms with Gasteiger partial charge in [0, 0.05) is 12.4 Å². The molecule has 0 aliphatic carbocycles. The van der Waals surface area contributed by atoms with E-state index in [1.54, 1.807) is 12.1 Å². The van der Waals surface area contributed by atoms with Crippen molar-refractivity contribution < 1.29 is 8.78 Å². The van der Waals surface area contributed by atoms with Crippen LogP contribution in [0.2, 0.25) is 5.15 Å². The van der Waals surface area contributed by atoms with E-state index < -0.39 is 12.1 Å². The zero-order valence-corrected chi connectivity index (χ0v) is 8.94. The number of halogens is 3. The molecule has 2 heterocycles. The van der Waals surface area contributed by atoms with E-state index in [1.807, 2.05) is 0 Å². The molecule has 0 saturated carbocycles. The molecule has 5 nitrogen and oxygen atoms in total. The Hall–Kier alpha value is -2.07. The molecule has 0 aliphatic rings. The van der Waals surface area contributed by atoms with E-state index in [4.69, 9.17) is 16.9 Å². The minimum atomic E-state index is -2.88. The molecule has 17 heavy (non-hydrogen) atoms. The number of nitrogens with zero attached hydrogens (tertiary/aromatic N) is 5. The Labute approximate surface area is 99.3 Å². The molecule has 0 bridgehead atoms. The second-order valence-corrected chi connectivity index (χ2v) is 3.28.